The molecule has 1 amide bonds. The Hall–Kier alpha value is -3.08. The van der Waals surface area contributed by atoms with Gasteiger partial charge in [-0.3, -0.25) is 4.79 Å². The highest BCUT2D eigenvalue weighted by molar-refractivity contribution is 7.89. The van der Waals surface area contributed by atoms with Crippen LogP contribution in [0.2, 0.25) is 5.02 Å². The summed E-state index contributed by atoms with van der Waals surface area (Å²) in [5, 5.41) is 2.14. The molecule has 5 aliphatic rings. The molecule has 2 fully saturated rings. The fourth-order valence-electron chi connectivity index (χ4n) is 6.20. The van der Waals surface area contributed by atoms with E-state index in [9.17, 15) is 18.0 Å². The van der Waals surface area contributed by atoms with E-state index >= 15 is 0 Å². The summed E-state index contributed by atoms with van der Waals surface area (Å²) in [7, 11) is -3.94. The number of hydrogen-bond acceptors (Lipinski definition) is 7. The highest BCUT2D eigenvalue weighted by Crippen LogP contribution is 2.50. The summed E-state index contributed by atoms with van der Waals surface area (Å²) in [4.78, 5) is 31.3. The first-order chi connectivity index (χ1) is 18.7. The van der Waals surface area contributed by atoms with Gasteiger partial charge in [-0.05, 0) is 60.9 Å². The van der Waals surface area contributed by atoms with Gasteiger partial charge in [-0.25, -0.2) is 13.2 Å². The van der Waals surface area contributed by atoms with Gasteiger partial charge in [-0.15, -0.1) is 0 Å². The van der Waals surface area contributed by atoms with Gasteiger partial charge in [0.1, 0.15) is 12.6 Å². The lowest BCUT2D eigenvalue weighted by molar-refractivity contribution is -0.162. The molecule has 2 saturated heterocycles. The van der Waals surface area contributed by atoms with E-state index in [0.717, 1.165) is 22.2 Å². The third kappa shape index (κ3) is 4.29. The zero-order valence-electron chi connectivity index (χ0n) is 21.6. The van der Waals surface area contributed by atoms with Crippen molar-refractivity contribution in [1.82, 2.24) is 14.1 Å². The molecule has 2 aromatic rings. The molecule has 5 aliphatic heterocycles. The average Bonchev–Trinajstić information content (AvgIpc) is 2.97. The summed E-state index contributed by atoms with van der Waals surface area (Å²) in [6.07, 6.45) is 5.11. The SMILES string of the molecule is CCOC(=O)C1CN(S(=O)(=O)c2ccc3cc(Cl)ccc3c2)CCN1C(=O)C12CCN(CC1)C1=C2C=CCO1. The molecule has 39 heavy (non-hydrogen) atoms. The molecule has 206 valence electrons. The van der Waals surface area contributed by atoms with E-state index in [-0.39, 0.29) is 37.0 Å². The Morgan fingerprint density at radius 1 is 1.08 bits per heavy atom. The first kappa shape index (κ1) is 26.2. The van der Waals surface area contributed by atoms with Gasteiger partial charge in [-0.2, -0.15) is 4.31 Å². The van der Waals surface area contributed by atoms with Crippen LogP contribution in [0.25, 0.3) is 10.8 Å². The molecule has 5 heterocycles. The minimum atomic E-state index is -3.94. The lowest BCUT2D eigenvalue weighted by Gasteiger charge is -2.52. The molecule has 7 rings (SSSR count). The fraction of sp³-hybridized carbons (Fsp3) is 0.429. The zero-order chi connectivity index (χ0) is 27.4. The molecule has 0 saturated carbocycles. The van der Waals surface area contributed by atoms with Crippen molar-refractivity contribution in [3.05, 3.63) is 65.0 Å². The van der Waals surface area contributed by atoms with Crippen LogP contribution in [0.4, 0.5) is 0 Å². The third-order valence-corrected chi connectivity index (χ3v) is 10.3. The average molecular weight is 572 g/mol. The van der Waals surface area contributed by atoms with E-state index in [4.69, 9.17) is 21.1 Å². The van der Waals surface area contributed by atoms with Crippen molar-refractivity contribution in [3.8, 4) is 0 Å². The second-order valence-corrected chi connectivity index (χ2v) is 12.7. The molecule has 0 N–H and O–H groups in total. The molecule has 0 spiro atoms. The van der Waals surface area contributed by atoms with Crippen LogP contribution in [0.3, 0.4) is 0 Å². The van der Waals surface area contributed by atoms with Crippen molar-refractivity contribution in [2.24, 2.45) is 5.41 Å². The normalized spacial score (nSPS) is 22.6. The van der Waals surface area contributed by atoms with Gasteiger partial charge in [0.2, 0.25) is 15.9 Å². The zero-order valence-corrected chi connectivity index (χ0v) is 23.2. The predicted octanol–water partition coefficient (Wildman–Crippen LogP) is 3.15. The number of piperazine rings is 1. The molecule has 9 nitrogen and oxygen atoms in total. The number of ether oxygens (including phenoxy) is 2. The summed E-state index contributed by atoms with van der Waals surface area (Å²) >= 11 is 6.08. The van der Waals surface area contributed by atoms with E-state index in [1.54, 1.807) is 48.2 Å². The largest absolute Gasteiger partial charge is 0.475 e. The number of carbonyl (C=O) groups excluding carboxylic acids is 2. The highest BCUT2D eigenvalue weighted by Gasteiger charge is 2.55. The van der Waals surface area contributed by atoms with Crippen LogP contribution in [0, 0.1) is 5.41 Å². The maximum absolute atomic E-state index is 14.3. The Morgan fingerprint density at radius 3 is 2.59 bits per heavy atom. The second-order valence-electron chi connectivity index (χ2n) is 10.3. The number of piperidine rings is 1. The quantitative estimate of drug-likeness (QED) is 0.509. The number of carbonyl (C=O) groups is 2. The van der Waals surface area contributed by atoms with Crippen LogP contribution in [-0.4, -0.2) is 86.4 Å². The Morgan fingerprint density at radius 2 is 1.82 bits per heavy atom. The molecule has 0 aromatic heterocycles. The van der Waals surface area contributed by atoms with Crippen LogP contribution < -0.4 is 0 Å². The standard InChI is InChI=1S/C28H30ClN3O6S/c1-2-37-26(33)24-18-31(39(35,36)22-8-6-19-16-21(29)7-5-20(19)17-22)13-14-32(24)27(34)28-9-11-30(12-10-28)25-23(28)4-3-15-38-25/h3-8,16-17,24H,2,9-15,18H2,1H3. The van der Waals surface area contributed by atoms with Crippen LogP contribution >= 0.6 is 11.6 Å². The molecule has 11 heteroatoms. The summed E-state index contributed by atoms with van der Waals surface area (Å²) in [6, 6.07) is 9.08. The number of rotatable bonds is 5. The monoisotopic (exact) mass is 571 g/mol. The smallest absolute Gasteiger partial charge is 0.330 e. The number of nitrogens with zero attached hydrogens (tertiary/aromatic N) is 3. The number of halogens is 1. The number of allylic oxidation sites excluding steroid dienone is 1. The van der Waals surface area contributed by atoms with Crippen LogP contribution in [0.1, 0.15) is 19.8 Å². The summed E-state index contributed by atoms with van der Waals surface area (Å²) in [5.74, 6) is -0.0230. The molecule has 1 atom stereocenters. The number of hydrogen-bond donors (Lipinski definition) is 0. The first-order valence-corrected chi connectivity index (χ1v) is 15.0. The van der Waals surface area contributed by atoms with E-state index in [1.807, 2.05) is 12.2 Å². The van der Waals surface area contributed by atoms with E-state index in [0.29, 0.717) is 37.6 Å². The van der Waals surface area contributed by atoms with Gasteiger partial charge >= 0.3 is 5.97 Å². The minimum Gasteiger partial charge on any atom is -0.475 e. The van der Waals surface area contributed by atoms with Crippen LogP contribution in [0.15, 0.2) is 64.9 Å². The Bertz CT molecular complexity index is 1510. The first-order valence-electron chi connectivity index (χ1n) is 13.2. The van der Waals surface area contributed by atoms with Crippen LogP contribution in [0.5, 0.6) is 0 Å². The lowest BCUT2D eigenvalue weighted by Crippen LogP contribution is -2.64. The summed E-state index contributed by atoms with van der Waals surface area (Å²) < 4.78 is 40.0. The van der Waals surface area contributed by atoms with Gasteiger partial charge < -0.3 is 19.3 Å². The topological polar surface area (TPSA) is 96.5 Å². The fourth-order valence-corrected chi connectivity index (χ4v) is 7.85. The molecule has 2 aromatic carbocycles. The van der Waals surface area contributed by atoms with Crippen molar-refractivity contribution in [1.29, 1.82) is 0 Å². The van der Waals surface area contributed by atoms with Crippen LogP contribution in [-0.2, 0) is 29.1 Å². The number of esters is 1. The van der Waals surface area contributed by atoms with Crippen molar-refractivity contribution in [2.45, 2.75) is 30.7 Å². The van der Waals surface area contributed by atoms with Gasteiger partial charge in [0.05, 0.1) is 16.9 Å². The van der Waals surface area contributed by atoms with Crippen molar-refractivity contribution in [2.75, 3.05) is 45.9 Å². The molecule has 0 radical (unpaired) electrons. The third-order valence-electron chi connectivity index (χ3n) is 8.23. The van der Waals surface area contributed by atoms with E-state index in [1.165, 1.54) is 4.31 Å². The molecule has 1 unspecified atom stereocenters. The van der Waals surface area contributed by atoms with Crippen molar-refractivity contribution in [3.63, 3.8) is 0 Å². The van der Waals surface area contributed by atoms with E-state index < -0.39 is 27.4 Å². The number of fused-ring (bicyclic) bond motifs is 3. The van der Waals surface area contributed by atoms with Gasteiger partial charge in [0, 0.05) is 43.3 Å². The Labute approximate surface area is 232 Å². The van der Waals surface area contributed by atoms with Gasteiger partial charge in [-0.1, -0.05) is 29.8 Å². The maximum Gasteiger partial charge on any atom is 0.330 e. The maximum atomic E-state index is 14.3. The van der Waals surface area contributed by atoms with Gasteiger partial charge in [0.25, 0.3) is 0 Å². The highest BCUT2D eigenvalue weighted by atomic mass is 35.5. The molecular formula is C28H30ClN3O6S. The number of amides is 1. The van der Waals surface area contributed by atoms with E-state index in [2.05, 4.69) is 4.90 Å². The second kappa shape index (κ2) is 9.83. The Balaban J connectivity index is 1.31. The van der Waals surface area contributed by atoms with Crippen molar-refractivity contribution < 1.29 is 27.5 Å². The molecule has 2 bridgehead atoms. The summed E-state index contributed by atoms with van der Waals surface area (Å²) in [5.41, 5.74) is 0.0528. The number of sulfonamides is 1. The Kier molecular flexibility index (Phi) is 6.60. The summed E-state index contributed by atoms with van der Waals surface area (Å²) in [6.45, 7) is 3.67. The minimum absolute atomic E-state index is 0.0725. The molecule has 0 aliphatic carbocycles. The number of benzene rings is 2. The predicted molar refractivity (Wildman–Crippen MR) is 145 cm³/mol. The lowest BCUT2D eigenvalue weighted by atomic mass is 9.67. The van der Waals surface area contributed by atoms with Gasteiger partial charge in [0.15, 0.2) is 5.88 Å². The van der Waals surface area contributed by atoms with Crippen molar-refractivity contribution >= 4 is 44.3 Å². The molecular weight excluding hydrogens is 542 g/mol.